The first-order valence-corrected chi connectivity index (χ1v) is 21.4. The fourth-order valence-corrected chi connectivity index (χ4v) is 11.3. The first-order chi connectivity index (χ1) is 13.4. The summed E-state index contributed by atoms with van der Waals surface area (Å²) >= 11 is 0. The lowest BCUT2D eigenvalue weighted by Crippen LogP contribution is -2.45. The van der Waals surface area contributed by atoms with E-state index in [4.69, 9.17) is 13.3 Å². The molecule has 1 amide bonds. The van der Waals surface area contributed by atoms with Gasteiger partial charge in [-0.25, -0.2) is 0 Å². The van der Waals surface area contributed by atoms with E-state index in [1.165, 1.54) is 11.2 Å². The average Bonchev–Trinajstić information content (AvgIpc) is 2.63. The molecule has 29 heavy (non-hydrogen) atoms. The minimum Gasteiger partial charge on any atom is -0.412 e. The molecule has 5 nitrogen and oxygen atoms in total. The topological polar surface area (TPSA) is 48.0 Å². The molecule has 0 aromatic heterocycles. The fraction of sp³-hybridized carbons (Fsp3) is 0.650. The minimum absolute atomic E-state index is 0.227. The maximum absolute atomic E-state index is 11.1. The Morgan fingerprint density at radius 3 is 2.14 bits per heavy atom. The molecule has 0 saturated heterocycles. The van der Waals surface area contributed by atoms with Gasteiger partial charge in [-0.2, -0.15) is 0 Å². The van der Waals surface area contributed by atoms with Crippen LogP contribution in [-0.4, -0.2) is 60.8 Å². The first-order valence-electron chi connectivity index (χ1n) is 10.2. The second-order valence-corrected chi connectivity index (χ2v) is 22.5. The SMILES string of the molecule is CN(C=O)c1cccc([Si](C)(C)CC[Si](C)(C)OCC(O[Si](C)C)O[Si](C)C)c1. The summed E-state index contributed by atoms with van der Waals surface area (Å²) < 4.78 is 18.4. The van der Waals surface area contributed by atoms with Crippen LogP contribution in [0.15, 0.2) is 24.3 Å². The predicted molar refractivity (Wildman–Crippen MR) is 132 cm³/mol. The Balaban J connectivity index is 2.72. The standard InChI is InChI=1S/C20H39NO4Si4/c1-21(17-22)18-11-10-12-19(15-18)28(6,7)13-14-29(8,9)23-16-20(24-26(2)3)25-27(4)5/h10-12,15,17,20H,13-14,16H2,1-9H3. The van der Waals surface area contributed by atoms with Gasteiger partial charge in [0.05, 0.1) is 14.7 Å². The Labute approximate surface area is 183 Å². The summed E-state index contributed by atoms with van der Waals surface area (Å²) in [6, 6.07) is 10.7. The summed E-state index contributed by atoms with van der Waals surface area (Å²) in [5, 5.41) is 1.38. The fourth-order valence-electron chi connectivity index (χ4n) is 2.95. The molecule has 2 radical (unpaired) electrons. The second-order valence-electron chi connectivity index (χ2n) is 9.20. The van der Waals surface area contributed by atoms with E-state index in [0.29, 0.717) is 6.61 Å². The van der Waals surface area contributed by atoms with E-state index in [2.05, 4.69) is 70.6 Å². The molecule has 0 fully saturated rings. The van der Waals surface area contributed by atoms with Crippen LogP contribution in [-0.2, 0) is 18.1 Å². The van der Waals surface area contributed by atoms with Crippen molar-refractivity contribution >= 4 is 51.8 Å². The highest BCUT2D eigenvalue weighted by Gasteiger charge is 2.31. The van der Waals surface area contributed by atoms with Gasteiger partial charge in [0, 0.05) is 12.7 Å². The number of benzene rings is 1. The average molecular weight is 470 g/mol. The summed E-state index contributed by atoms with van der Waals surface area (Å²) in [6.45, 7) is 18.4. The van der Waals surface area contributed by atoms with Crippen molar-refractivity contribution in [2.75, 3.05) is 18.6 Å². The van der Waals surface area contributed by atoms with Crippen LogP contribution in [0.1, 0.15) is 0 Å². The van der Waals surface area contributed by atoms with Crippen LogP contribution < -0.4 is 10.1 Å². The number of amides is 1. The van der Waals surface area contributed by atoms with Gasteiger partial charge in [-0.1, -0.05) is 36.5 Å². The number of hydrogen-bond donors (Lipinski definition) is 0. The van der Waals surface area contributed by atoms with E-state index in [1.807, 2.05) is 6.07 Å². The Morgan fingerprint density at radius 2 is 1.62 bits per heavy atom. The van der Waals surface area contributed by atoms with Gasteiger partial charge in [-0.05, 0) is 57.5 Å². The quantitative estimate of drug-likeness (QED) is 0.246. The predicted octanol–water partition coefficient (Wildman–Crippen LogP) is 4.28. The molecule has 0 saturated carbocycles. The lowest BCUT2D eigenvalue weighted by atomic mass is 10.3. The molecule has 0 atom stereocenters. The number of anilines is 1. The van der Waals surface area contributed by atoms with Crippen molar-refractivity contribution in [3.8, 4) is 0 Å². The third-order valence-electron chi connectivity index (χ3n) is 4.89. The number of nitrogens with zero attached hydrogens (tertiary/aromatic N) is 1. The number of carbonyl (C=O) groups is 1. The highest BCUT2D eigenvalue weighted by molar-refractivity contribution is 6.91. The van der Waals surface area contributed by atoms with E-state index >= 15 is 0 Å². The van der Waals surface area contributed by atoms with Crippen molar-refractivity contribution < 1.29 is 18.1 Å². The van der Waals surface area contributed by atoms with Gasteiger partial charge in [-0.3, -0.25) is 4.79 Å². The van der Waals surface area contributed by atoms with Crippen LogP contribution in [0, 0.1) is 0 Å². The Bertz CT molecular complexity index is 631. The number of carbonyl (C=O) groups excluding carboxylic acids is 1. The van der Waals surface area contributed by atoms with Crippen LogP contribution in [0.4, 0.5) is 5.69 Å². The van der Waals surface area contributed by atoms with Crippen molar-refractivity contribution in [2.24, 2.45) is 0 Å². The molecular weight excluding hydrogens is 431 g/mol. The lowest BCUT2D eigenvalue weighted by molar-refractivity contribution is -0.107. The molecule has 0 bridgehead atoms. The van der Waals surface area contributed by atoms with Gasteiger partial charge in [0.15, 0.2) is 14.6 Å². The van der Waals surface area contributed by atoms with Crippen molar-refractivity contribution in [1.29, 1.82) is 0 Å². The molecule has 9 heteroatoms. The second kappa shape index (κ2) is 11.7. The summed E-state index contributed by atoms with van der Waals surface area (Å²) in [5.41, 5.74) is 0.955. The normalized spacial score (nSPS) is 12.8. The smallest absolute Gasteiger partial charge is 0.213 e. The van der Waals surface area contributed by atoms with Crippen LogP contribution in [0.25, 0.3) is 0 Å². The Kier molecular flexibility index (Phi) is 10.7. The zero-order chi connectivity index (χ0) is 22.2. The maximum Gasteiger partial charge on any atom is 0.213 e. The van der Waals surface area contributed by atoms with Crippen LogP contribution in [0.2, 0.25) is 64.5 Å². The largest absolute Gasteiger partial charge is 0.412 e. The molecule has 0 aliphatic heterocycles. The summed E-state index contributed by atoms with van der Waals surface area (Å²) in [6.07, 6.45) is 0.631. The molecule has 0 N–H and O–H groups in total. The maximum atomic E-state index is 11.1. The summed E-state index contributed by atoms with van der Waals surface area (Å²) in [4.78, 5) is 12.7. The zero-order valence-corrected chi connectivity index (χ0v) is 23.7. The number of hydrogen-bond acceptors (Lipinski definition) is 4. The summed E-state index contributed by atoms with van der Waals surface area (Å²) in [7, 11) is -3.30. The molecule has 0 heterocycles. The van der Waals surface area contributed by atoms with E-state index in [0.717, 1.165) is 18.1 Å². The number of rotatable bonds is 13. The highest BCUT2D eigenvalue weighted by Crippen LogP contribution is 2.23. The van der Waals surface area contributed by atoms with Crippen LogP contribution in [0.3, 0.4) is 0 Å². The van der Waals surface area contributed by atoms with Gasteiger partial charge in [0.25, 0.3) is 0 Å². The Morgan fingerprint density at radius 1 is 1.03 bits per heavy atom. The van der Waals surface area contributed by atoms with Gasteiger partial charge in [0.1, 0.15) is 0 Å². The van der Waals surface area contributed by atoms with E-state index in [-0.39, 0.29) is 6.29 Å². The molecule has 1 rings (SSSR count). The van der Waals surface area contributed by atoms with Crippen molar-refractivity contribution in [2.45, 2.75) is 70.8 Å². The monoisotopic (exact) mass is 469 g/mol. The van der Waals surface area contributed by atoms with Gasteiger partial charge >= 0.3 is 0 Å². The van der Waals surface area contributed by atoms with Crippen molar-refractivity contribution in [3.63, 3.8) is 0 Å². The first kappa shape index (κ1) is 26.5. The van der Waals surface area contributed by atoms with Crippen LogP contribution in [0.5, 0.6) is 0 Å². The van der Waals surface area contributed by atoms with Crippen molar-refractivity contribution in [3.05, 3.63) is 24.3 Å². The van der Waals surface area contributed by atoms with Gasteiger partial charge < -0.3 is 18.2 Å². The van der Waals surface area contributed by atoms with Gasteiger partial charge in [-0.15, -0.1) is 0 Å². The van der Waals surface area contributed by atoms with Crippen LogP contribution >= 0.6 is 0 Å². The molecule has 0 spiro atoms. The molecular formula is C20H39NO4Si4. The molecule has 1 aromatic carbocycles. The van der Waals surface area contributed by atoms with E-state index < -0.39 is 34.5 Å². The zero-order valence-electron chi connectivity index (χ0n) is 19.7. The van der Waals surface area contributed by atoms with Gasteiger partial charge in [0.2, 0.25) is 24.5 Å². The molecule has 0 aliphatic rings. The highest BCUT2D eigenvalue weighted by atomic mass is 28.4. The molecule has 0 aliphatic carbocycles. The molecule has 1 aromatic rings. The molecule has 164 valence electrons. The van der Waals surface area contributed by atoms with E-state index in [1.54, 1.807) is 11.9 Å². The third kappa shape index (κ3) is 9.86. The minimum atomic E-state index is -1.82. The van der Waals surface area contributed by atoms with E-state index in [9.17, 15) is 4.79 Å². The molecule has 0 unspecified atom stereocenters. The third-order valence-corrected chi connectivity index (χ3v) is 12.6. The Hall–Kier alpha value is -0.562. The summed E-state index contributed by atoms with van der Waals surface area (Å²) in [5.74, 6) is 0. The lowest BCUT2D eigenvalue weighted by Gasteiger charge is -2.31. The van der Waals surface area contributed by atoms with Crippen molar-refractivity contribution in [1.82, 2.24) is 0 Å².